The summed E-state index contributed by atoms with van der Waals surface area (Å²) in [5, 5.41) is 10.5. The van der Waals surface area contributed by atoms with E-state index in [0.717, 1.165) is 25.2 Å². The molecule has 102 valence electrons. The molecule has 5 nitrogen and oxygen atoms in total. The summed E-state index contributed by atoms with van der Waals surface area (Å²) < 4.78 is 1.72. The normalized spacial score (nSPS) is 23.3. The maximum Gasteiger partial charge on any atom is 0.254 e. The molecular formula is C12H21ClN4O. The van der Waals surface area contributed by atoms with Gasteiger partial charge in [-0.05, 0) is 32.4 Å². The number of nitrogens with zero attached hydrogens (tertiary/aromatic N) is 2. The number of carbonyl (C=O) groups is 1. The Morgan fingerprint density at radius 1 is 1.61 bits per heavy atom. The van der Waals surface area contributed by atoms with E-state index in [9.17, 15) is 4.79 Å². The first kappa shape index (κ1) is 15.0. The summed E-state index contributed by atoms with van der Waals surface area (Å²) >= 11 is 0. The van der Waals surface area contributed by atoms with E-state index in [0.29, 0.717) is 11.5 Å². The molecule has 0 radical (unpaired) electrons. The monoisotopic (exact) mass is 272 g/mol. The summed E-state index contributed by atoms with van der Waals surface area (Å²) in [4.78, 5) is 12.1. The van der Waals surface area contributed by atoms with E-state index in [1.807, 2.05) is 14.0 Å². The number of rotatable bonds is 2. The number of aryl methyl sites for hydroxylation is 1. The maximum absolute atomic E-state index is 12.1. The number of carbonyl (C=O) groups excluding carboxylic acids is 1. The molecular weight excluding hydrogens is 252 g/mol. The van der Waals surface area contributed by atoms with Crippen molar-refractivity contribution in [1.29, 1.82) is 0 Å². The standard InChI is InChI=1S/C12H20N4O.ClH/c1-8-6-13-5-4-11(8)15-12(17)10-7-14-16(3)9(10)2;/h7-8,11,13H,4-6H2,1-3H3,(H,15,17);1H. The van der Waals surface area contributed by atoms with Gasteiger partial charge in [-0.25, -0.2) is 0 Å². The molecule has 6 heteroatoms. The fraction of sp³-hybridized carbons (Fsp3) is 0.667. The molecule has 1 saturated heterocycles. The third-order valence-electron chi connectivity index (χ3n) is 3.58. The first-order valence-corrected chi connectivity index (χ1v) is 6.09. The predicted molar refractivity (Wildman–Crippen MR) is 73.1 cm³/mol. The first-order chi connectivity index (χ1) is 8.09. The Balaban J connectivity index is 0.00000162. The molecule has 2 heterocycles. The molecule has 2 atom stereocenters. The van der Waals surface area contributed by atoms with Crippen molar-refractivity contribution in [3.05, 3.63) is 17.5 Å². The van der Waals surface area contributed by atoms with Crippen LogP contribution < -0.4 is 10.6 Å². The minimum absolute atomic E-state index is 0. The van der Waals surface area contributed by atoms with E-state index >= 15 is 0 Å². The lowest BCUT2D eigenvalue weighted by Crippen LogP contribution is -2.48. The van der Waals surface area contributed by atoms with Gasteiger partial charge in [-0.2, -0.15) is 5.10 Å². The fourth-order valence-electron chi connectivity index (χ4n) is 2.20. The van der Waals surface area contributed by atoms with Crippen LogP contribution in [-0.4, -0.2) is 34.8 Å². The highest BCUT2D eigenvalue weighted by Gasteiger charge is 2.24. The van der Waals surface area contributed by atoms with E-state index in [-0.39, 0.29) is 24.4 Å². The molecule has 1 aromatic heterocycles. The Morgan fingerprint density at radius 3 is 2.89 bits per heavy atom. The third kappa shape index (κ3) is 3.03. The van der Waals surface area contributed by atoms with Crippen LogP contribution in [0.1, 0.15) is 29.4 Å². The van der Waals surface area contributed by atoms with Crippen molar-refractivity contribution in [1.82, 2.24) is 20.4 Å². The lowest BCUT2D eigenvalue weighted by molar-refractivity contribution is 0.0913. The molecule has 1 aromatic rings. The van der Waals surface area contributed by atoms with Gasteiger partial charge in [0.15, 0.2) is 0 Å². The predicted octanol–water partition coefficient (Wildman–Crippen LogP) is 0.878. The lowest BCUT2D eigenvalue weighted by Gasteiger charge is -2.30. The van der Waals surface area contributed by atoms with Crippen LogP contribution in [-0.2, 0) is 7.05 Å². The minimum atomic E-state index is -0.00523. The molecule has 1 amide bonds. The van der Waals surface area contributed by atoms with Crippen molar-refractivity contribution in [3.8, 4) is 0 Å². The van der Waals surface area contributed by atoms with Crippen LogP contribution in [0.3, 0.4) is 0 Å². The highest BCUT2D eigenvalue weighted by Crippen LogP contribution is 2.12. The Hall–Kier alpha value is -1.07. The second-order valence-electron chi connectivity index (χ2n) is 4.82. The molecule has 1 fully saturated rings. The highest BCUT2D eigenvalue weighted by atomic mass is 35.5. The Labute approximate surface area is 114 Å². The molecule has 2 rings (SSSR count). The number of piperidine rings is 1. The summed E-state index contributed by atoms with van der Waals surface area (Å²) in [5.41, 5.74) is 1.59. The number of nitrogens with one attached hydrogen (secondary N) is 2. The Bertz CT molecular complexity index is 418. The molecule has 0 aliphatic carbocycles. The Morgan fingerprint density at radius 2 is 2.33 bits per heavy atom. The average Bonchev–Trinajstić information content (AvgIpc) is 2.63. The molecule has 0 saturated carbocycles. The molecule has 1 aliphatic rings. The van der Waals surface area contributed by atoms with E-state index in [4.69, 9.17) is 0 Å². The van der Waals surface area contributed by atoms with Crippen LogP contribution >= 0.6 is 12.4 Å². The van der Waals surface area contributed by atoms with Gasteiger partial charge in [0.1, 0.15) is 0 Å². The van der Waals surface area contributed by atoms with E-state index in [2.05, 4.69) is 22.7 Å². The van der Waals surface area contributed by atoms with Gasteiger partial charge < -0.3 is 10.6 Å². The Kier molecular flexibility index (Phi) is 5.16. The molecule has 2 unspecified atom stereocenters. The van der Waals surface area contributed by atoms with Crippen LogP contribution in [0.4, 0.5) is 0 Å². The SMILES string of the molecule is Cc1c(C(=O)NC2CCNCC2C)cnn1C.Cl. The lowest BCUT2D eigenvalue weighted by atomic mass is 9.95. The quantitative estimate of drug-likeness (QED) is 0.840. The van der Waals surface area contributed by atoms with Crippen molar-refractivity contribution < 1.29 is 4.79 Å². The molecule has 0 aromatic carbocycles. The number of amides is 1. The summed E-state index contributed by atoms with van der Waals surface area (Å²) in [7, 11) is 1.85. The van der Waals surface area contributed by atoms with Gasteiger partial charge >= 0.3 is 0 Å². The molecule has 0 spiro atoms. The topological polar surface area (TPSA) is 59.0 Å². The highest BCUT2D eigenvalue weighted by molar-refractivity contribution is 5.95. The van der Waals surface area contributed by atoms with E-state index in [1.165, 1.54) is 0 Å². The smallest absolute Gasteiger partial charge is 0.254 e. The molecule has 1 aliphatic heterocycles. The largest absolute Gasteiger partial charge is 0.349 e. The van der Waals surface area contributed by atoms with Gasteiger partial charge in [-0.15, -0.1) is 12.4 Å². The van der Waals surface area contributed by atoms with Crippen LogP contribution in [0.5, 0.6) is 0 Å². The summed E-state index contributed by atoms with van der Waals surface area (Å²) in [6.45, 7) is 6.01. The minimum Gasteiger partial charge on any atom is -0.349 e. The second-order valence-corrected chi connectivity index (χ2v) is 4.82. The zero-order valence-corrected chi connectivity index (χ0v) is 11.9. The first-order valence-electron chi connectivity index (χ1n) is 6.09. The van der Waals surface area contributed by atoms with E-state index in [1.54, 1.807) is 10.9 Å². The van der Waals surface area contributed by atoms with Crippen LogP contribution in [0.2, 0.25) is 0 Å². The van der Waals surface area contributed by atoms with Gasteiger partial charge in [0.2, 0.25) is 0 Å². The van der Waals surface area contributed by atoms with Crippen LogP contribution in [0, 0.1) is 12.8 Å². The van der Waals surface area contributed by atoms with Crippen molar-refractivity contribution in [2.24, 2.45) is 13.0 Å². The van der Waals surface area contributed by atoms with Gasteiger partial charge in [0, 0.05) is 18.8 Å². The van der Waals surface area contributed by atoms with Crippen molar-refractivity contribution in [2.75, 3.05) is 13.1 Å². The number of hydrogen-bond acceptors (Lipinski definition) is 3. The number of hydrogen-bond donors (Lipinski definition) is 2. The summed E-state index contributed by atoms with van der Waals surface area (Å²) in [6.07, 6.45) is 2.63. The van der Waals surface area contributed by atoms with Gasteiger partial charge in [0.25, 0.3) is 5.91 Å². The molecule has 18 heavy (non-hydrogen) atoms. The fourth-order valence-corrected chi connectivity index (χ4v) is 2.20. The average molecular weight is 273 g/mol. The van der Waals surface area contributed by atoms with Crippen molar-refractivity contribution in [3.63, 3.8) is 0 Å². The molecule has 2 N–H and O–H groups in total. The van der Waals surface area contributed by atoms with Gasteiger partial charge in [-0.3, -0.25) is 9.48 Å². The number of aromatic nitrogens is 2. The zero-order chi connectivity index (χ0) is 12.4. The molecule has 0 bridgehead atoms. The maximum atomic E-state index is 12.1. The number of halogens is 1. The van der Waals surface area contributed by atoms with Gasteiger partial charge in [-0.1, -0.05) is 6.92 Å². The van der Waals surface area contributed by atoms with E-state index < -0.39 is 0 Å². The second kappa shape index (κ2) is 6.20. The summed E-state index contributed by atoms with van der Waals surface area (Å²) in [6, 6.07) is 0.267. The van der Waals surface area contributed by atoms with Crippen LogP contribution in [0.25, 0.3) is 0 Å². The van der Waals surface area contributed by atoms with Crippen LogP contribution in [0.15, 0.2) is 6.20 Å². The van der Waals surface area contributed by atoms with Gasteiger partial charge in [0.05, 0.1) is 11.8 Å². The zero-order valence-electron chi connectivity index (χ0n) is 11.1. The third-order valence-corrected chi connectivity index (χ3v) is 3.58. The summed E-state index contributed by atoms with van der Waals surface area (Å²) in [5.74, 6) is 0.471. The van der Waals surface area contributed by atoms with Crippen molar-refractivity contribution >= 4 is 18.3 Å². The van der Waals surface area contributed by atoms with Crippen molar-refractivity contribution in [2.45, 2.75) is 26.3 Å².